The highest BCUT2D eigenvalue weighted by molar-refractivity contribution is 7.99. The van der Waals surface area contributed by atoms with Gasteiger partial charge in [0.05, 0.1) is 26.2 Å². The van der Waals surface area contributed by atoms with Crippen LogP contribution in [0.15, 0.2) is 40.4 Å². The second kappa shape index (κ2) is 9.67. The van der Waals surface area contributed by atoms with E-state index >= 15 is 0 Å². The Labute approximate surface area is 179 Å². The standard InChI is InChI=1S/C18H19N7O5S/c1-29-10-4-3-9(7-11(10)30-2)16(27)22-14-15(19)23-18(24-17(14)28)31-8-13(26)21-12-5-6-20-25-12/h3-7H,8H2,1-2H3,(H,22,27)(H3,19,23,24,28)(H2,20,21,25,26). The molecule has 0 aliphatic carbocycles. The van der Waals surface area contributed by atoms with Crippen molar-refractivity contribution in [2.24, 2.45) is 0 Å². The second-order valence-electron chi connectivity index (χ2n) is 5.96. The maximum absolute atomic E-state index is 12.5. The zero-order valence-corrected chi connectivity index (χ0v) is 17.3. The van der Waals surface area contributed by atoms with Crippen molar-refractivity contribution in [2.45, 2.75) is 5.16 Å². The van der Waals surface area contributed by atoms with Gasteiger partial charge in [0, 0.05) is 11.6 Å². The Morgan fingerprint density at radius 3 is 2.58 bits per heavy atom. The number of nitrogen functional groups attached to an aromatic ring is 1. The minimum atomic E-state index is -0.655. The molecular formula is C18H19N7O5S. The normalized spacial score (nSPS) is 10.4. The SMILES string of the molecule is COc1ccc(C(=O)Nc2c(N)nc(SCC(=O)Nc3ccn[nH]3)[nH]c2=O)cc1OC. The summed E-state index contributed by atoms with van der Waals surface area (Å²) in [5, 5.41) is 11.5. The highest BCUT2D eigenvalue weighted by atomic mass is 32.2. The van der Waals surface area contributed by atoms with Crippen molar-refractivity contribution in [1.29, 1.82) is 0 Å². The molecule has 2 amide bonds. The number of anilines is 3. The number of carbonyl (C=O) groups is 2. The van der Waals surface area contributed by atoms with E-state index in [4.69, 9.17) is 15.2 Å². The van der Waals surface area contributed by atoms with E-state index in [1.807, 2.05) is 0 Å². The molecule has 0 spiro atoms. The molecule has 162 valence electrons. The van der Waals surface area contributed by atoms with Crippen LogP contribution < -0.4 is 31.4 Å². The summed E-state index contributed by atoms with van der Waals surface area (Å²) in [7, 11) is 2.92. The van der Waals surface area contributed by atoms with Crippen LogP contribution in [0.1, 0.15) is 10.4 Å². The highest BCUT2D eigenvalue weighted by Crippen LogP contribution is 2.28. The van der Waals surface area contributed by atoms with E-state index in [1.165, 1.54) is 32.5 Å². The monoisotopic (exact) mass is 445 g/mol. The Morgan fingerprint density at radius 1 is 1.16 bits per heavy atom. The first-order chi connectivity index (χ1) is 14.9. The lowest BCUT2D eigenvalue weighted by atomic mass is 10.2. The molecule has 2 aromatic heterocycles. The molecule has 12 nitrogen and oxygen atoms in total. The first-order valence-corrected chi connectivity index (χ1v) is 9.75. The fourth-order valence-electron chi connectivity index (χ4n) is 2.47. The topological polar surface area (TPSA) is 177 Å². The van der Waals surface area contributed by atoms with Crippen LogP contribution in [0.4, 0.5) is 17.3 Å². The highest BCUT2D eigenvalue weighted by Gasteiger charge is 2.16. The molecule has 6 N–H and O–H groups in total. The number of aromatic nitrogens is 4. The van der Waals surface area contributed by atoms with E-state index in [0.717, 1.165) is 11.8 Å². The molecule has 0 unspecified atom stereocenters. The number of methoxy groups -OCH3 is 2. The largest absolute Gasteiger partial charge is 0.493 e. The summed E-state index contributed by atoms with van der Waals surface area (Å²) in [5.41, 5.74) is 5.22. The molecule has 0 atom stereocenters. The number of benzene rings is 1. The van der Waals surface area contributed by atoms with Crippen LogP contribution in [0.2, 0.25) is 0 Å². The van der Waals surface area contributed by atoms with Crippen LogP contribution in [0.25, 0.3) is 0 Å². The quantitative estimate of drug-likeness (QED) is 0.251. The van der Waals surface area contributed by atoms with Crippen molar-refractivity contribution in [1.82, 2.24) is 20.2 Å². The van der Waals surface area contributed by atoms with Gasteiger partial charge in [-0.15, -0.1) is 0 Å². The van der Waals surface area contributed by atoms with Crippen LogP contribution in [0.5, 0.6) is 11.5 Å². The number of nitrogens with one attached hydrogen (secondary N) is 4. The molecule has 0 bridgehead atoms. The van der Waals surface area contributed by atoms with Crippen LogP contribution >= 0.6 is 11.8 Å². The Balaban J connectivity index is 1.68. The van der Waals surface area contributed by atoms with Crippen molar-refractivity contribution in [2.75, 3.05) is 36.3 Å². The number of amides is 2. The Bertz CT molecular complexity index is 1150. The maximum atomic E-state index is 12.5. The summed E-state index contributed by atoms with van der Waals surface area (Å²) in [6.45, 7) is 0. The predicted octanol–water partition coefficient (Wildman–Crippen LogP) is 1.08. The predicted molar refractivity (Wildman–Crippen MR) is 115 cm³/mol. The van der Waals surface area contributed by atoms with Gasteiger partial charge in [-0.05, 0) is 18.2 Å². The number of hydrogen-bond donors (Lipinski definition) is 5. The van der Waals surface area contributed by atoms with Crippen molar-refractivity contribution < 1.29 is 19.1 Å². The molecule has 31 heavy (non-hydrogen) atoms. The number of H-pyrrole nitrogens is 2. The Kier molecular flexibility index (Phi) is 6.77. The molecule has 3 aromatic rings. The van der Waals surface area contributed by atoms with Crippen molar-refractivity contribution in [3.63, 3.8) is 0 Å². The molecule has 0 fully saturated rings. The van der Waals surface area contributed by atoms with E-state index in [-0.39, 0.29) is 33.9 Å². The summed E-state index contributed by atoms with van der Waals surface area (Å²) >= 11 is 0.976. The average Bonchev–Trinajstić information content (AvgIpc) is 3.27. The summed E-state index contributed by atoms with van der Waals surface area (Å²) in [5.74, 6) is 0.124. The van der Waals surface area contributed by atoms with Crippen LogP contribution in [-0.4, -0.2) is 52.0 Å². The number of aromatic amines is 2. The van der Waals surface area contributed by atoms with Crippen LogP contribution in [0, 0.1) is 0 Å². The lowest BCUT2D eigenvalue weighted by molar-refractivity contribution is -0.113. The summed E-state index contributed by atoms with van der Waals surface area (Å²) < 4.78 is 10.3. The molecule has 1 aromatic carbocycles. The fourth-order valence-corrected chi connectivity index (χ4v) is 3.13. The fraction of sp³-hybridized carbons (Fsp3) is 0.167. The van der Waals surface area contributed by atoms with Gasteiger partial charge in [0.15, 0.2) is 22.5 Å². The lowest BCUT2D eigenvalue weighted by Crippen LogP contribution is -2.23. The number of ether oxygens (including phenoxy) is 2. The van der Waals surface area contributed by atoms with Gasteiger partial charge in [-0.3, -0.25) is 24.5 Å². The number of nitrogens with zero attached hydrogens (tertiary/aromatic N) is 2. The smallest absolute Gasteiger partial charge is 0.277 e. The summed E-state index contributed by atoms with van der Waals surface area (Å²) in [4.78, 5) is 43.4. The number of carbonyl (C=O) groups excluding carboxylic acids is 2. The van der Waals surface area contributed by atoms with Crippen LogP contribution in [-0.2, 0) is 4.79 Å². The minimum Gasteiger partial charge on any atom is -0.493 e. The molecule has 0 aliphatic rings. The second-order valence-corrected chi connectivity index (χ2v) is 6.93. The van der Waals surface area contributed by atoms with Gasteiger partial charge in [0.1, 0.15) is 11.5 Å². The van der Waals surface area contributed by atoms with Gasteiger partial charge in [-0.1, -0.05) is 11.8 Å². The zero-order valence-electron chi connectivity index (χ0n) is 16.5. The first-order valence-electron chi connectivity index (χ1n) is 8.76. The van der Waals surface area contributed by atoms with Crippen molar-refractivity contribution >= 4 is 40.9 Å². The Hall–Kier alpha value is -4.00. The Morgan fingerprint density at radius 2 is 1.94 bits per heavy atom. The van der Waals surface area contributed by atoms with Crippen molar-refractivity contribution in [3.05, 3.63) is 46.4 Å². The van der Waals surface area contributed by atoms with E-state index in [0.29, 0.717) is 17.3 Å². The number of nitrogens with two attached hydrogens (primary N) is 1. The number of thioether (sulfide) groups is 1. The average molecular weight is 445 g/mol. The lowest BCUT2D eigenvalue weighted by Gasteiger charge is -2.11. The van der Waals surface area contributed by atoms with Gasteiger partial charge in [-0.2, -0.15) is 5.10 Å². The van der Waals surface area contributed by atoms with E-state index in [1.54, 1.807) is 12.1 Å². The summed E-state index contributed by atoms with van der Waals surface area (Å²) in [6.07, 6.45) is 1.50. The van der Waals surface area contributed by atoms with Crippen molar-refractivity contribution in [3.8, 4) is 11.5 Å². The molecule has 3 rings (SSSR count). The van der Waals surface area contributed by atoms with Gasteiger partial charge < -0.3 is 25.8 Å². The van der Waals surface area contributed by atoms with Gasteiger partial charge in [0.25, 0.3) is 11.5 Å². The van der Waals surface area contributed by atoms with Gasteiger partial charge >= 0.3 is 0 Å². The maximum Gasteiger partial charge on any atom is 0.277 e. The summed E-state index contributed by atoms with van der Waals surface area (Å²) in [6, 6.07) is 6.13. The van der Waals surface area contributed by atoms with E-state index < -0.39 is 11.5 Å². The molecule has 0 saturated carbocycles. The first kappa shape index (κ1) is 21.7. The molecule has 0 aliphatic heterocycles. The van der Waals surface area contributed by atoms with Gasteiger partial charge in [0.2, 0.25) is 5.91 Å². The van der Waals surface area contributed by atoms with Crippen LogP contribution in [0.3, 0.4) is 0 Å². The molecule has 0 saturated heterocycles. The molecule has 0 radical (unpaired) electrons. The zero-order chi connectivity index (χ0) is 22.4. The van der Waals surface area contributed by atoms with E-state index in [9.17, 15) is 14.4 Å². The number of hydrogen-bond acceptors (Lipinski definition) is 9. The molecule has 13 heteroatoms. The van der Waals surface area contributed by atoms with Gasteiger partial charge in [-0.25, -0.2) is 4.98 Å². The molecule has 2 heterocycles. The minimum absolute atomic E-state index is 0.0290. The third kappa shape index (κ3) is 5.33. The van der Waals surface area contributed by atoms with E-state index in [2.05, 4.69) is 30.8 Å². The number of rotatable bonds is 8. The molecular weight excluding hydrogens is 426 g/mol. The third-order valence-corrected chi connectivity index (χ3v) is 4.80. The third-order valence-electron chi connectivity index (χ3n) is 3.92.